The minimum atomic E-state index is -1.01. The van der Waals surface area contributed by atoms with E-state index in [4.69, 9.17) is 24.1 Å². The molecule has 0 aliphatic rings. The quantitative estimate of drug-likeness (QED) is 0.0263. The van der Waals surface area contributed by atoms with Gasteiger partial charge in [0.15, 0.2) is 0 Å². The van der Waals surface area contributed by atoms with Crippen LogP contribution in [0.5, 0.6) is 0 Å². The first-order chi connectivity index (χ1) is 28.1. The fourth-order valence-corrected chi connectivity index (χ4v) is 5.81. The van der Waals surface area contributed by atoms with Gasteiger partial charge in [-0.15, -0.1) is 0 Å². The summed E-state index contributed by atoms with van der Waals surface area (Å²) in [6, 6.07) is -0.890. The highest BCUT2D eigenvalue weighted by Gasteiger charge is 2.22. The highest BCUT2D eigenvalue weighted by molar-refractivity contribution is 9.09. The summed E-state index contributed by atoms with van der Waals surface area (Å²) in [7, 11) is 0. The van der Waals surface area contributed by atoms with Gasteiger partial charge in [-0.2, -0.15) is 0 Å². The number of hydrogen-bond donors (Lipinski definition) is 7. The Balaban J connectivity index is 4.09. The number of aldehydes is 1. The van der Waals surface area contributed by atoms with Crippen LogP contribution in [0.1, 0.15) is 109 Å². The molecule has 2 atom stereocenters. The van der Waals surface area contributed by atoms with Gasteiger partial charge in [-0.3, -0.25) is 28.8 Å². The van der Waals surface area contributed by atoms with E-state index >= 15 is 0 Å². The van der Waals surface area contributed by atoms with E-state index < -0.39 is 18.0 Å². The number of ether oxygens (including phenoxy) is 4. The largest absolute Gasteiger partial charge is 0.481 e. The molecule has 4 amide bonds. The minimum Gasteiger partial charge on any atom is -0.481 e. The summed E-state index contributed by atoms with van der Waals surface area (Å²) in [5.74, 6) is -2.88. The Kier molecular flexibility index (Phi) is 38.3. The zero-order valence-electron chi connectivity index (χ0n) is 34.2. The lowest BCUT2D eigenvalue weighted by Gasteiger charge is -2.24. The van der Waals surface area contributed by atoms with Crippen LogP contribution in [0.3, 0.4) is 0 Å². The first kappa shape index (κ1) is 54.8. The van der Waals surface area contributed by atoms with Crippen molar-refractivity contribution in [3.8, 4) is 0 Å². The molecule has 0 fully saturated rings. The van der Waals surface area contributed by atoms with Crippen molar-refractivity contribution in [3.63, 3.8) is 0 Å². The SMILES string of the molecule is O=CCCCCCCCCCC(CCCCCCC(=O)O)NC(CCC(=O)NCCOCCOCC(=O)NCCOCCOCC(=O)NCCNC(=O)CBr)C(=O)O. The molecule has 0 bridgehead atoms. The molecule has 0 aliphatic heterocycles. The predicted octanol–water partition coefficient (Wildman–Crippen LogP) is 2.24. The molecule has 0 radical (unpaired) electrons. The molecule has 2 unspecified atom stereocenters. The van der Waals surface area contributed by atoms with Crippen molar-refractivity contribution < 1.29 is 62.7 Å². The van der Waals surface area contributed by atoms with E-state index in [2.05, 4.69) is 42.5 Å². The lowest BCUT2D eigenvalue weighted by atomic mass is 9.98. The predicted molar refractivity (Wildman–Crippen MR) is 220 cm³/mol. The fourth-order valence-electron chi connectivity index (χ4n) is 5.61. The van der Waals surface area contributed by atoms with Gasteiger partial charge in [0.05, 0.1) is 45.0 Å². The zero-order chi connectivity index (χ0) is 42.9. The van der Waals surface area contributed by atoms with Crippen molar-refractivity contribution >= 4 is 57.8 Å². The number of amides is 4. The second-order valence-electron chi connectivity index (χ2n) is 13.7. The molecule has 19 heteroatoms. The Morgan fingerprint density at radius 2 is 0.983 bits per heavy atom. The summed E-state index contributed by atoms with van der Waals surface area (Å²) < 4.78 is 21.3. The number of carboxylic acids is 2. The first-order valence-electron chi connectivity index (χ1n) is 20.7. The van der Waals surface area contributed by atoms with Crippen molar-refractivity contribution in [1.29, 1.82) is 0 Å². The normalized spacial score (nSPS) is 12.0. The number of nitrogens with one attached hydrogen (secondary N) is 5. The van der Waals surface area contributed by atoms with Crippen LogP contribution in [-0.2, 0) is 52.5 Å². The van der Waals surface area contributed by atoms with Gasteiger partial charge < -0.3 is 60.5 Å². The number of alkyl halides is 1. The van der Waals surface area contributed by atoms with Crippen LogP contribution in [0.4, 0.5) is 0 Å². The summed E-state index contributed by atoms with van der Waals surface area (Å²) in [6.45, 7) is 2.15. The van der Waals surface area contributed by atoms with Crippen LogP contribution >= 0.6 is 15.9 Å². The molecule has 0 spiro atoms. The molecule has 0 aromatic carbocycles. The number of hydrogen-bond acceptors (Lipinski definition) is 12. The van der Waals surface area contributed by atoms with E-state index in [1.165, 1.54) is 0 Å². The van der Waals surface area contributed by atoms with Gasteiger partial charge in [-0.1, -0.05) is 73.7 Å². The molecule has 0 rings (SSSR count). The van der Waals surface area contributed by atoms with E-state index in [0.29, 0.717) is 25.9 Å². The second kappa shape index (κ2) is 40.5. The maximum Gasteiger partial charge on any atom is 0.320 e. The molecular weight excluding hydrogens is 826 g/mol. The molecule has 0 saturated heterocycles. The monoisotopic (exact) mass is 895 g/mol. The van der Waals surface area contributed by atoms with Gasteiger partial charge in [0.1, 0.15) is 25.5 Å². The van der Waals surface area contributed by atoms with Crippen molar-refractivity contribution in [2.24, 2.45) is 0 Å². The number of carbonyl (C=O) groups is 7. The third-order valence-electron chi connectivity index (χ3n) is 8.70. The van der Waals surface area contributed by atoms with Crippen LogP contribution in [0, 0.1) is 0 Å². The molecule has 0 saturated carbocycles. The lowest BCUT2D eigenvalue weighted by molar-refractivity contribution is -0.140. The highest BCUT2D eigenvalue weighted by atomic mass is 79.9. The minimum absolute atomic E-state index is 0.0181. The third-order valence-corrected chi connectivity index (χ3v) is 9.21. The number of carboxylic acid groups (broad SMARTS) is 2. The Morgan fingerprint density at radius 1 is 0.517 bits per heavy atom. The maximum atomic E-state index is 12.4. The van der Waals surface area contributed by atoms with Gasteiger partial charge >= 0.3 is 11.9 Å². The Hall–Kier alpha value is -3.23. The van der Waals surface area contributed by atoms with Crippen LogP contribution in [0.25, 0.3) is 0 Å². The number of unbranched alkanes of at least 4 members (excludes halogenated alkanes) is 10. The Labute approximate surface area is 351 Å². The van der Waals surface area contributed by atoms with Gasteiger partial charge in [0, 0.05) is 51.5 Å². The zero-order valence-corrected chi connectivity index (χ0v) is 35.8. The summed E-state index contributed by atoms with van der Waals surface area (Å²) in [5.41, 5.74) is 0. The number of rotatable bonds is 43. The van der Waals surface area contributed by atoms with Crippen LogP contribution in [0.2, 0.25) is 0 Å². The van der Waals surface area contributed by atoms with Gasteiger partial charge in [-0.05, 0) is 32.1 Å². The molecule has 0 aromatic rings. The summed E-state index contributed by atoms with van der Waals surface area (Å²) in [5, 5.41) is 32.8. The Morgan fingerprint density at radius 3 is 1.50 bits per heavy atom. The molecule has 7 N–H and O–H groups in total. The first-order valence-corrected chi connectivity index (χ1v) is 21.8. The summed E-state index contributed by atoms with van der Waals surface area (Å²) in [6.07, 6.45) is 13.9. The molecule has 18 nitrogen and oxygen atoms in total. The smallest absolute Gasteiger partial charge is 0.320 e. The summed E-state index contributed by atoms with van der Waals surface area (Å²) >= 11 is 3.03. The van der Waals surface area contributed by atoms with Crippen molar-refractivity contribution in [2.75, 3.05) is 84.4 Å². The molecule has 336 valence electrons. The van der Waals surface area contributed by atoms with E-state index in [1.807, 2.05) is 0 Å². The third kappa shape index (κ3) is 38.3. The fraction of sp³-hybridized carbons (Fsp3) is 0.821. The van der Waals surface area contributed by atoms with Crippen molar-refractivity contribution in [2.45, 2.75) is 121 Å². The molecule has 58 heavy (non-hydrogen) atoms. The van der Waals surface area contributed by atoms with E-state index in [-0.39, 0.29) is 120 Å². The highest BCUT2D eigenvalue weighted by Crippen LogP contribution is 2.16. The molecular formula is C39H70BrN5O13. The van der Waals surface area contributed by atoms with Crippen molar-refractivity contribution in [1.82, 2.24) is 26.6 Å². The number of halogens is 1. The van der Waals surface area contributed by atoms with Crippen LogP contribution < -0.4 is 26.6 Å². The molecule has 0 aromatic heterocycles. The summed E-state index contributed by atoms with van der Waals surface area (Å²) in [4.78, 5) is 80.4. The maximum absolute atomic E-state index is 12.4. The molecule has 0 aliphatic carbocycles. The second-order valence-corrected chi connectivity index (χ2v) is 14.3. The standard InChI is InChI=1S/C39H70BrN5O13/c40-29-35(48)41-18-19-42-36(49)30-57-27-26-56-24-21-44-37(50)31-58-28-25-55-23-20-43-34(47)17-16-33(39(53)54)45-32(14-10-6-7-11-15-38(51)52)13-9-5-3-1-2-4-8-12-22-46/h22,32-33,45H,1-21,23-31H2,(H,41,48)(H,42,49)(H,43,47)(H,44,50)(H,51,52)(H,53,54). The average molecular weight is 897 g/mol. The van der Waals surface area contributed by atoms with Crippen molar-refractivity contribution in [3.05, 3.63) is 0 Å². The van der Waals surface area contributed by atoms with Crippen LogP contribution in [0.15, 0.2) is 0 Å². The number of carbonyl (C=O) groups excluding carboxylic acids is 5. The van der Waals surface area contributed by atoms with E-state index in [9.17, 15) is 38.7 Å². The topological polar surface area (TPSA) is 257 Å². The lowest BCUT2D eigenvalue weighted by Crippen LogP contribution is -2.44. The average Bonchev–Trinajstić information content (AvgIpc) is 3.19. The van der Waals surface area contributed by atoms with Crippen LogP contribution in [-0.4, -0.2) is 149 Å². The van der Waals surface area contributed by atoms with Gasteiger partial charge in [0.25, 0.3) is 0 Å². The Bertz CT molecular complexity index is 1120. The molecule has 0 heterocycles. The van der Waals surface area contributed by atoms with E-state index in [0.717, 1.165) is 83.3 Å². The van der Waals surface area contributed by atoms with Gasteiger partial charge in [-0.25, -0.2) is 0 Å². The van der Waals surface area contributed by atoms with E-state index in [1.54, 1.807) is 0 Å². The number of aliphatic carboxylic acids is 2. The van der Waals surface area contributed by atoms with Gasteiger partial charge in [0.2, 0.25) is 23.6 Å².